The van der Waals surface area contributed by atoms with Gasteiger partial charge in [-0.05, 0) is 40.5 Å². The van der Waals surface area contributed by atoms with Gasteiger partial charge in [0.25, 0.3) is 0 Å². The second kappa shape index (κ2) is 7.25. The highest BCUT2D eigenvalue weighted by Gasteiger charge is 2.09. The molecule has 0 unspecified atom stereocenters. The highest BCUT2D eigenvalue weighted by molar-refractivity contribution is 9.10. The van der Waals surface area contributed by atoms with E-state index in [1.54, 1.807) is 6.07 Å². The van der Waals surface area contributed by atoms with Crippen molar-refractivity contribution in [2.24, 2.45) is 0 Å². The Hall–Kier alpha value is -1.10. The lowest BCUT2D eigenvalue weighted by Gasteiger charge is -2.13. The predicted octanol–water partition coefficient (Wildman–Crippen LogP) is 5.87. The van der Waals surface area contributed by atoms with Gasteiger partial charge in [-0.2, -0.15) is 0 Å². The van der Waals surface area contributed by atoms with Crippen LogP contribution < -0.4 is 15.8 Å². The summed E-state index contributed by atoms with van der Waals surface area (Å²) in [6.45, 7) is 2.70. The molecular weight excluding hydrogens is 375 g/mol. The molecule has 2 rings (SSSR count). The van der Waals surface area contributed by atoms with E-state index in [2.05, 4.69) is 28.2 Å². The van der Waals surface area contributed by atoms with Crippen LogP contribution >= 0.6 is 39.1 Å². The topological polar surface area (TPSA) is 47.3 Å². The van der Waals surface area contributed by atoms with Crippen LogP contribution in [0, 0.1) is 0 Å². The third-order valence-electron chi connectivity index (χ3n) is 2.72. The molecule has 0 aliphatic heterocycles. The molecule has 0 atom stereocenters. The fraction of sp³-hybridized carbons (Fsp3) is 0.200. The molecule has 0 aliphatic carbocycles. The smallest absolute Gasteiger partial charge is 0.123 e. The number of nitrogens with one attached hydrogen (secondary N) is 1. The zero-order valence-corrected chi connectivity index (χ0v) is 14.5. The first-order chi connectivity index (χ1) is 10.0. The van der Waals surface area contributed by atoms with Crippen LogP contribution in [-0.4, -0.2) is 6.61 Å². The largest absolute Gasteiger partial charge is 0.493 e. The van der Waals surface area contributed by atoms with E-state index in [9.17, 15) is 0 Å². The number of rotatable bonds is 5. The van der Waals surface area contributed by atoms with Gasteiger partial charge in [-0.15, -0.1) is 0 Å². The minimum atomic E-state index is 0.449. The SMILES string of the molecule is CCCOc1cc(N)cc(Nc2ccc(Br)c(Cl)c2Cl)c1. The van der Waals surface area contributed by atoms with Gasteiger partial charge in [-0.25, -0.2) is 0 Å². The molecule has 3 N–H and O–H groups in total. The quantitative estimate of drug-likeness (QED) is 0.496. The van der Waals surface area contributed by atoms with E-state index in [0.29, 0.717) is 28.0 Å². The van der Waals surface area contributed by atoms with E-state index in [0.717, 1.165) is 22.3 Å². The molecule has 3 nitrogen and oxygen atoms in total. The second-order valence-electron chi connectivity index (χ2n) is 4.49. The van der Waals surface area contributed by atoms with Crippen molar-refractivity contribution in [2.45, 2.75) is 13.3 Å². The monoisotopic (exact) mass is 388 g/mol. The third kappa shape index (κ3) is 4.19. The molecule has 0 radical (unpaired) electrons. The molecule has 112 valence electrons. The molecule has 0 aliphatic rings. The molecule has 2 aromatic carbocycles. The lowest BCUT2D eigenvalue weighted by molar-refractivity contribution is 0.318. The van der Waals surface area contributed by atoms with Gasteiger partial charge in [0.05, 0.1) is 22.3 Å². The molecule has 0 spiro atoms. The van der Waals surface area contributed by atoms with Crippen LogP contribution in [0.1, 0.15) is 13.3 Å². The Morgan fingerprint density at radius 1 is 1.19 bits per heavy atom. The number of nitrogen functional groups attached to an aromatic ring is 1. The summed E-state index contributed by atoms with van der Waals surface area (Å²) in [6.07, 6.45) is 0.936. The van der Waals surface area contributed by atoms with Gasteiger partial charge >= 0.3 is 0 Å². The zero-order valence-electron chi connectivity index (χ0n) is 11.4. The Morgan fingerprint density at radius 2 is 1.95 bits per heavy atom. The Labute approximate surface area is 142 Å². The summed E-state index contributed by atoms with van der Waals surface area (Å²) in [5.74, 6) is 0.721. The maximum Gasteiger partial charge on any atom is 0.123 e. The van der Waals surface area contributed by atoms with Crippen LogP contribution in [0.5, 0.6) is 5.75 Å². The second-order valence-corrected chi connectivity index (χ2v) is 6.10. The van der Waals surface area contributed by atoms with Crippen molar-refractivity contribution in [3.05, 3.63) is 44.8 Å². The van der Waals surface area contributed by atoms with Crippen molar-refractivity contribution in [1.82, 2.24) is 0 Å². The van der Waals surface area contributed by atoms with Gasteiger partial charge in [0.1, 0.15) is 5.75 Å². The lowest BCUT2D eigenvalue weighted by Crippen LogP contribution is -1.99. The molecular formula is C15H15BrCl2N2O. The van der Waals surface area contributed by atoms with Crippen molar-refractivity contribution in [1.29, 1.82) is 0 Å². The summed E-state index contributed by atoms with van der Waals surface area (Å²) >= 11 is 15.7. The molecule has 0 bridgehead atoms. The molecule has 0 amide bonds. The van der Waals surface area contributed by atoms with Gasteiger partial charge in [0, 0.05) is 28.0 Å². The van der Waals surface area contributed by atoms with Crippen LogP contribution in [0.3, 0.4) is 0 Å². The normalized spacial score (nSPS) is 10.5. The number of hydrogen-bond donors (Lipinski definition) is 2. The molecule has 0 heterocycles. The summed E-state index contributed by atoms with van der Waals surface area (Å²) in [5.41, 5.74) is 8.00. The van der Waals surface area contributed by atoms with Gasteiger partial charge in [-0.1, -0.05) is 30.1 Å². The molecule has 0 saturated carbocycles. The Kier molecular flexibility index (Phi) is 5.62. The fourth-order valence-corrected chi connectivity index (χ4v) is 2.60. The van der Waals surface area contributed by atoms with Crippen molar-refractivity contribution < 1.29 is 4.74 Å². The number of benzene rings is 2. The van der Waals surface area contributed by atoms with Crippen LogP contribution in [0.15, 0.2) is 34.8 Å². The minimum absolute atomic E-state index is 0.449. The summed E-state index contributed by atoms with van der Waals surface area (Å²) in [4.78, 5) is 0. The Balaban J connectivity index is 2.27. The van der Waals surface area contributed by atoms with E-state index in [1.165, 1.54) is 0 Å². The minimum Gasteiger partial charge on any atom is -0.493 e. The van der Waals surface area contributed by atoms with Gasteiger partial charge in [0.15, 0.2) is 0 Å². The number of nitrogens with two attached hydrogens (primary N) is 1. The van der Waals surface area contributed by atoms with Gasteiger partial charge in [0.2, 0.25) is 0 Å². The molecule has 0 fully saturated rings. The summed E-state index contributed by atoms with van der Waals surface area (Å²) in [5, 5.41) is 4.12. The van der Waals surface area contributed by atoms with E-state index >= 15 is 0 Å². The van der Waals surface area contributed by atoms with E-state index < -0.39 is 0 Å². The first-order valence-electron chi connectivity index (χ1n) is 6.45. The highest BCUT2D eigenvalue weighted by atomic mass is 79.9. The predicted molar refractivity (Wildman–Crippen MR) is 94.1 cm³/mol. The fourth-order valence-electron chi connectivity index (χ4n) is 1.78. The number of hydrogen-bond acceptors (Lipinski definition) is 3. The van der Waals surface area contributed by atoms with Crippen LogP contribution in [0.2, 0.25) is 10.0 Å². The molecule has 6 heteroatoms. The Morgan fingerprint density at radius 3 is 2.67 bits per heavy atom. The van der Waals surface area contributed by atoms with E-state index in [1.807, 2.05) is 24.3 Å². The Bertz CT molecular complexity index is 650. The third-order valence-corrected chi connectivity index (χ3v) is 4.49. The maximum atomic E-state index is 6.22. The average molecular weight is 390 g/mol. The van der Waals surface area contributed by atoms with E-state index in [-0.39, 0.29) is 0 Å². The average Bonchev–Trinajstić information content (AvgIpc) is 2.45. The van der Waals surface area contributed by atoms with Crippen molar-refractivity contribution in [3.8, 4) is 5.75 Å². The first-order valence-corrected chi connectivity index (χ1v) is 8.00. The van der Waals surface area contributed by atoms with Crippen molar-refractivity contribution in [3.63, 3.8) is 0 Å². The standard InChI is InChI=1S/C15H15BrCl2N2O/c1-2-5-21-11-7-9(19)6-10(8-11)20-13-4-3-12(16)14(17)15(13)18/h3-4,6-8,20H,2,5,19H2,1H3. The maximum absolute atomic E-state index is 6.22. The number of ether oxygens (including phenoxy) is 1. The number of anilines is 3. The summed E-state index contributed by atoms with van der Waals surface area (Å²) < 4.78 is 6.35. The molecule has 21 heavy (non-hydrogen) atoms. The summed E-state index contributed by atoms with van der Waals surface area (Å²) in [6, 6.07) is 9.14. The lowest BCUT2D eigenvalue weighted by atomic mass is 10.2. The first kappa shape index (κ1) is 16.3. The molecule has 0 saturated heterocycles. The highest BCUT2D eigenvalue weighted by Crippen LogP contribution is 2.37. The zero-order chi connectivity index (χ0) is 15.4. The van der Waals surface area contributed by atoms with Crippen LogP contribution in [-0.2, 0) is 0 Å². The van der Waals surface area contributed by atoms with Gasteiger partial charge in [-0.3, -0.25) is 0 Å². The number of halogens is 3. The van der Waals surface area contributed by atoms with Crippen LogP contribution in [0.25, 0.3) is 0 Å². The molecule has 0 aromatic heterocycles. The van der Waals surface area contributed by atoms with E-state index in [4.69, 9.17) is 33.7 Å². The molecule has 2 aromatic rings. The summed E-state index contributed by atoms with van der Waals surface area (Å²) in [7, 11) is 0. The van der Waals surface area contributed by atoms with Crippen LogP contribution in [0.4, 0.5) is 17.1 Å². The van der Waals surface area contributed by atoms with Crippen molar-refractivity contribution >= 4 is 56.2 Å². The van der Waals surface area contributed by atoms with Gasteiger partial charge < -0.3 is 15.8 Å². The van der Waals surface area contributed by atoms with Crippen molar-refractivity contribution in [2.75, 3.05) is 17.7 Å².